The Kier molecular flexibility index (Phi) is 2.32. The summed E-state index contributed by atoms with van der Waals surface area (Å²) >= 11 is 0. The number of nitrogen functional groups attached to an aromatic ring is 1. The van der Waals surface area contributed by atoms with Crippen LogP contribution in [0.2, 0.25) is 0 Å². The zero-order chi connectivity index (χ0) is 9.19. The molecule has 1 aromatic heterocycles. The van der Waals surface area contributed by atoms with E-state index in [4.69, 9.17) is 10.5 Å². The molecule has 0 aliphatic heterocycles. The van der Waals surface area contributed by atoms with Gasteiger partial charge >= 0.3 is 0 Å². The fraction of sp³-hybridized carbons (Fsp3) is 0.714. The van der Waals surface area contributed by atoms with Crippen LogP contribution in [-0.4, -0.2) is 27.9 Å². The number of nitrogens with zero attached hydrogens (tertiary/aromatic N) is 2. The highest BCUT2D eigenvalue weighted by atomic mass is 16.5. The maximum Gasteiger partial charge on any atom is 0.239 e. The number of hydrogen-bond acceptors (Lipinski definition) is 4. The summed E-state index contributed by atoms with van der Waals surface area (Å²) in [4.78, 5) is 3.97. The molecule has 0 fully saturated rings. The Bertz CT molecular complexity index is 256. The normalized spacial score (nSPS) is 11.9. The summed E-state index contributed by atoms with van der Waals surface area (Å²) in [6, 6.07) is 0. The first-order valence-electron chi connectivity index (χ1n) is 3.75. The molecule has 0 saturated carbocycles. The number of nitrogens with one attached hydrogen (secondary N) is 1. The summed E-state index contributed by atoms with van der Waals surface area (Å²) in [5.74, 6) is 1.02. The zero-order valence-electron chi connectivity index (χ0n) is 7.59. The van der Waals surface area contributed by atoms with E-state index in [1.54, 1.807) is 7.11 Å². The second-order valence-corrected chi connectivity index (χ2v) is 3.28. The number of hydrogen-bond donors (Lipinski definition) is 2. The van der Waals surface area contributed by atoms with Crippen LogP contribution < -0.4 is 5.73 Å². The minimum absolute atomic E-state index is 0.230. The molecule has 1 heterocycles. The lowest BCUT2D eigenvalue weighted by Crippen LogP contribution is -2.26. The molecule has 1 aromatic rings. The van der Waals surface area contributed by atoms with Crippen molar-refractivity contribution in [3.63, 3.8) is 0 Å². The molecule has 68 valence electrons. The van der Waals surface area contributed by atoms with Crippen LogP contribution in [0.15, 0.2) is 0 Å². The van der Waals surface area contributed by atoms with Gasteiger partial charge in [0.15, 0.2) is 0 Å². The maximum atomic E-state index is 5.34. The highest BCUT2D eigenvalue weighted by molar-refractivity contribution is 5.13. The van der Waals surface area contributed by atoms with Gasteiger partial charge < -0.3 is 10.5 Å². The van der Waals surface area contributed by atoms with Crippen molar-refractivity contribution in [3.8, 4) is 0 Å². The lowest BCUT2D eigenvalue weighted by molar-refractivity contribution is 0.0216. The van der Waals surface area contributed by atoms with E-state index in [2.05, 4.69) is 15.2 Å². The number of ether oxygens (including phenoxy) is 1. The smallest absolute Gasteiger partial charge is 0.239 e. The molecule has 5 nitrogen and oxygen atoms in total. The average molecular weight is 170 g/mol. The molecule has 1 rings (SSSR count). The summed E-state index contributed by atoms with van der Waals surface area (Å²) in [6.45, 7) is 3.96. The third-order valence-electron chi connectivity index (χ3n) is 1.69. The van der Waals surface area contributed by atoms with E-state index in [-0.39, 0.29) is 11.5 Å². The molecule has 0 bridgehead atoms. The molecular formula is C7H14N4O. The summed E-state index contributed by atoms with van der Waals surface area (Å²) < 4.78 is 5.22. The third kappa shape index (κ3) is 2.20. The van der Waals surface area contributed by atoms with Gasteiger partial charge in [-0.1, -0.05) is 0 Å². The molecule has 0 aromatic carbocycles. The summed E-state index contributed by atoms with van der Waals surface area (Å²) in [6.07, 6.45) is 0.674. The lowest BCUT2D eigenvalue weighted by Gasteiger charge is -2.20. The fourth-order valence-electron chi connectivity index (χ4n) is 0.865. The minimum Gasteiger partial charge on any atom is -0.378 e. The molecule has 12 heavy (non-hydrogen) atoms. The summed E-state index contributed by atoms with van der Waals surface area (Å²) in [5.41, 5.74) is 5.11. The number of H-pyrrole nitrogens is 1. The highest BCUT2D eigenvalue weighted by Crippen LogP contribution is 2.12. The average Bonchev–Trinajstić information content (AvgIpc) is 2.35. The van der Waals surface area contributed by atoms with Crippen molar-refractivity contribution in [2.75, 3.05) is 12.8 Å². The van der Waals surface area contributed by atoms with Gasteiger partial charge in [0.25, 0.3) is 0 Å². The van der Waals surface area contributed by atoms with Crippen molar-refractivity contribution in [1.82, 2.24) is 15.2 Å². The van der Waals surface area contributed by atoms with Crippen molar-refractivity contribution in [1.29, 1.82) is 0 Å². The van der Waals surface area contributed by atoms with E-state index in [0.717, 1.165) is 5.82 Å². The van der Waals surface area contributed by atoms with E-state index in [9.17, 15) is 0 Å². The Balaban J connectivity index is 2.63. The first kappa shape index (κ1) is 8.99. The Morgan fingerprint density at radius 3 is 2.67 bits per heavy atom. The van der Waals surface area contributed by atoms with Crippen LogP contribution >= 0.6 is 0 Å². The molecule has 0 aliphatic rings. The van der Waals surface area contributed by atoms with Crippen LogP contribution in [-0.2, 0) is 11.2 Å². The molecule has 0 spiro atoms. The molecule has 0 amide bonds. The van der Waals surface area contributed by atoms with Crippen LogP contribution in [0.1, 0.15) is 19.7 Å². The largest absolute Gasteiger partial charge is 0.378 e. The number of nitrogens with two attached hydrogens (primary N) is 1. The Morgan fingerprint density at radius 1 is 1.58 bits per heavy atom. The van der Waals surface area contributed by atoms with Gasteiger partial charge in [0, 0.05) is 13.5 Å². The SMILES string of the molecule is COC(C)(C)Cc1nc(N)n[nH]1. The van der Waals surface area contributed by atoms with Gasteiger partial charge in [-0.3, -0.25) is 5.10 Å². The standard InChI is InChI=1S/C7H14N4O/c1-7(2,12-3)4-5-9-6(8)11-10-5/h4H2,1-3H3,(H3,8,9,10,11). The summed E-state index contributed by atoms with van der Waals surface area (Å²) in [7, 11) is 1.67. The van der Waals surface area contributed by atoms with Gasteiger partial charge in [-0.05, 0) is 13.8 Å². The Labute approximate surface area is 71.3 Å². The first-order chi connectivity index (χ1) is 5.53. The topological polar surface area (TPSA) is 76.8 Å². The van der Waals surface area contributed by atoms with E-state index < -0.39 is 0 Å². The van der Waals surface area contributed by atoms with E-state index in [0.29, 0.717) is 6.42 Å². The van der Waals surface area contributed by atoms with Crippen LogP contribution in [0, 0.1) is 0 Å². The molecule has 3 N–H and O–H groups in total. The van der Waals surface area contributed by atoms with Crippen molar-refractivity contribution in [3.05, 3.63) is 5.82 Å². The molecular weight excluding hydrogens is 156 g/mol. The van der Waals surface area contributed by atoms with Gasteiger partial charge in [-0.2, -0.15) is 4.98 Å². The van der Waals surface area contributed by atoms with Crippen LogP contribution in [0.5, 0.6) is 0 Å². The molecule has 0 radical (unpaired) electrons. The molecule has 0 atom stereocenters. The number of aromatic nitrogens is 3. The molecule has 0 unspecified atom stereocenters. The molecule has 0 saturated heterocycles. The highest BCUT2D eigenvalue weighted by Gasteiger charge is 2.18. The van der Waals surface area contributed by atoms with Crippen molar-refractivity contribution < 1.29 is 4.74 Å². The fourth-order valence-corrected chi connectivity index (χ4v) is 0.865. The van der Waals surface area contributed by atoms with Gasteiger partial charge in [0.1, 0.15) is 5.82 Å². The first-order valence-corrected chi connectivity index (χ1v) is 3.75. The maximum absolute atomic E-state index is 5.34. The van der Waals surface area contributed by atoms with Crippen molar-refractivity contribution in [2.45, 2.75) is 25.9 Å². The van der Waals surface area contributed by atoms with Crippen molar-refractivity contribution >= 4 is 5.95 Å². The Morgan fingerprint density at radius 2 is 2.25 bits per heavy atom. The van der Waals surface area contributed by atoms with Gasteiger partial charge in [0.05, 0.1) is 5.60 Å². The van der Waals surface area contributed by atoms with Crippen LogP contribution in [0.4, 0.5) is 5.95 Å². The van der Waals surface area contributed by atoms with Gasteiger partial charge in [-0.15, -0.1) is 5.10 Å². The van der Waals surface area contributed by atoms with E-state index >= 15 is 0 Å². The van der Waals surface area contributed by atoms with E-state index in [1.165, 1.54) is 0 Å². The predicted molar refractivity (Wildman–Crippen MR) is 45.6 cm³/mol. The number of rotatable bonds is 3. The lowest BCUT2D eigenvalue weighted by atomic mass is 10.1. The monoisotopic (exact) mass is 170 g/mol. The second-order valence-electron chi connectivity index (χ2n) is 3.28. The Hall–Kier alpha value is -1.10. The third-order valence-corrected chi connectivity index (χ3v) is 1.69. The molecule has 0 aliphatic carbocycles. The predicted octanol–water partition coefficient (Wildman–Crippen LogP) is 0.354. The molecule has 5 heteroatoms. The van der Waals surface area contributed by atoms with Gasteiger partial charge in [-0.25, -0.2) is 0 Å². The number of methoxy groups -OCH3 is 1. The van der Waals surface area contributed by atoms with Crippen LogP contribution in [0.25, 0.3) is 0 Å². The number of anilines is 1. The van der Waals surface area contributed by atoms with Crippen molar-refractivity contribution in [2.24, 2.45) is 0 Å². The quantitative estimate of drug-likeness (QED) is 0.686. The van der Waals surface area contributed by atoms with Gasteiger partial charge in [0.2, 0.25) is 5.95 Å². The zero-order valence-corrected chi connectivity index (χ0v) is 7.59. The minimum atomic E-state index is -0.230. The second kappa shape index (κ2) is 3.10. The van der Waals surface area contributed by atoms with E-state index in [1.807, 2.05) is 13.8 Å². The van der Waals surface area contributed by atoms with Crippen LogP contribution in [0.3, 0.4) is 0 Å². The number of aromatic amines is 1. The summed E-state index contributed by atoms with van der Waals surface area (Å²) in [5, 5.41) is 6.45.